The summed E-state index contributed by atoms with van der Waals surface area (Å²) in [7, 11) is 0. The Morgan fingerprint density at radius 3 is 2.24 bits per heavy atom. The summed E-state index contributed by atoms with van der Waals surface area (Å²) in [5, 5.41) is 17.5. The van der Waals surface area contributed by atoms with E-state index in [1.165, 1.54) is 0 Å². The van der Waals surface area contributed by atoms with Crippen LogP contribution in [0.5, 0.6) is 5.75 Å². The zero-order valence-corrected chi connectivity index (χ0v) is 8.95. The maximum Gasteiger partial charge on any atom is 0.344 e. The molecule has 0 bridgehead atoms. The molecule has 1 rings (SSSR count). The maximum atomic E-state index is 10.9. The van der Waals surface area contributed by atoms with Crippen molar-refractivity contribution in [1.29, 1.82) is 0 Å². The first kappa shape index (κ1) is 13.0. The fourth-order valence-electron chi connectivity index (χ4n) is 1.19. The summed E-state index contributed by atoms with van der Waals surface area (Å²) >= 11 is 0. The average molecular weight is 239 g/mol. The number of para-hydroxylation sites is 1. The standard InChI is InChI=1S/C11H13NO5/c12-8(10(13)14)6-9(11(15)16)17-7-4-2-1-3-5-7/h1-5,8-9H,6,12H2,(H,13,14)(H,15,16)/t8-,9+/m1/s1. The van der Waals surface area contributed by atoms with E-state index in [0.29, 0.717) is 5.75 Å². The van der Waals surface area contributed by atoms with Gasteiger partial charge in [0.1, 0.15) is 11.8 Å². The van der Waals surface area contributed by atoms with Gasteiger partial charge in [0.25, 0.3) is 0 Å². The number of aliphatic carboxylic acids is 2. The molecular formula is C11H13NO5. The van der Waals surface area contributed by atoms with Crippen LogP contribution in [0.15, 0.2) is 30.3 Å². The molecular weight excluding hydrogens is 226 g/mol. The highest BCUT2D eigenvalue weighted by Gasteiger charge is 2.25. The highest BCUT2D eigenvalue weighted by Crippen LogP contribution is 2.13. The molecule has 0 heterocycles. The summed E-state index contributed by atoms with van der Waals surface area (Å²) in [5.74, 6) is -2.14. The lowest BCUT2D eigenvalue weighted by atomic mass is 10.1. The molecule has 0 aromatic heterocycles. The van der Waals surface area contributed by atoms with Gasteiger partial charge in [-0.3, -0.25) is 4.79 Å². The number of hydrogen-bond acceptors (Lipinski definition) is 4. The molecule has 4 N–H and O–H groups in total. The topological polar surface area (TPSA) is 110 Å². The van der Waals surface area contributed by atoms with Gasteiger partial charge in [0.2, 0.25) is 0 Å². The summed E-state index contributed by atoms with van der Waals surface area (Å²) in [6.07, 6.45) is -1.57. The molecule has 1 aromatic carbocycles. The van der Waals surface area contributed by atoms with Crippen LogP contribution in [0.25, 0.3) is 0 Å². The Morgan fingerprint density at radius 1 is 1.18 bits per heavy atom. The van der Waals surface area contributed by atoms with Crippen molar-refractivity contribution in [2.75, 3.05) is 0 Å². The van der Waals surface area contributed by atoms with Crippen molar-refractivity contribution in [3.8, 4) is 5.75 Å². The predicted octanol–water partition coefficient (Wildman–Crippen LogP) is 0.321. The number of carboxylic acid groups (broad SMARTS) is 2. The van der Waals surface area contributed by atoms with Crippen LogP contribution in [0, 0.1) is 0 Å². The van der Waals surface area contributed by atoms with Crippen molar-refractivity contribution in [3.05, 3.63) is 30.3 Å². The highest BCUT2D eigenvalue weighted by atomic mass is 16.5. The van der Waals surface area contributed by atoms with Gasteiger partial charge in [-0.05, 0) is 12.1 Å². The number of carboxylic acids is 2. The molecule has 0 aliphatic heterocycles. The Bertz CT molecular complexity index is 392. The Hall–Kier alpha value is -2.08. The molecule has 0 spiro atoms. The summed E-state index contributed by atoms with van der Waals surface area (Å²) < 4.78 is 5.15. The molecule has 0 radical (unpaired) electrons. The lowest BCUT2D eigenvalue weighted by Gasteiger charge is -2.16. The minimum Gasteiger partial charge on any atom is -0.480 e. The highest BCUT2D eigenvalue weighted by molar-refractivity contribution is 5.77. The third kappa shape index (κ3) is 4.12. The van der Waals surface area contributed by atoms with Gasteiger partial charge in [-0.1, -0.05) is 18.2 Å². The van der Waals surface area contributed by atoms with E-state index in [1.807, 2.05) is 0 Å². The molecule has 6 nitrogen and oxygen atoms in total. The third-order valence-corrected chi connectivity index (χ3v) is 2.08. The van der Waals surface area contributed by atoms with Crippen molar-refractivity contribution in [3.63, 3.8) is 0 Å². The predicted molar refractivity (Wildman–Crippen MR) is 58.7 cm³/mol. The Labute approximate surface area is 97.6 Å². The number of carbonyl (C=O) groups is 2. The van der Waals surface area contributed by atoms with E-state index in [0.717, 1.165) is 0 Å². The number of hydrogen-bond donors (Lipinski definition) is 3. The second kappa shape index (κ2) is 5.86. The van der Waals surface area contributed by atoms with Crippen LogP contribution in [0.4, 0.5) is 0 Å². The van der Waals surface area contributed by atoms with Gasteiger partial charge in [-0.2, -0.15) is 0 Å². The van der Waals surface area contributed by atoms with E-state index in [1.54, 1.807) is 30.3 Å². The first-order valence-corrected chi connectivity index (χ1v) is 4.93. The fourth-order valence-corrected chi connectivity index (χ4v) is 1.19. The number of nitrogens with two attached hydrogens (primary N) is 1. The largest absolute Gasteiger partial charge is 0.480 e. The quantitative estimate of drug-likeness (QED) is 0.659. The van der Waals surface area contributed by atoms with Crippen LogP contribution in [0.2, 0.25) is 0 Å². The molecule has 92 valence electrons. The number of ether oxygens (including phenoxy) is 1. The summed E-state index contributed by atoms with van der Waals surface area (Å²) in [6, 6.07) is 7.03. The van der Waals surface area contributed by atoms with E-state index < -0.39 is 24.1 Å². The van der Waals surface area contributed by atoms with Gasteiger partial charge in [0.15, 0.2) is 6.10 Å². The molecule has 0 amide bonds. The minimum atomic E-state index is -1.27. The number of benzene rings is 1. The molecule has 1 aromatic rings. The van der Waals surface area contributed by atoms with Gasteiger partial charge in [-0.15, -0.1) is 0 Å². The smallest absolute Gasteiger partial charge is 0.344 e. The molecule has 0 aliphatic carbocycles. The van der Waals surface area contributed by atoms with Crippen molar-refractivity contribution >= 4 is 11.9 Å². The molecule has 2 atom stereocenters. The Morgan fingerprint density at radius 2 is 1.76 bits per heavy atom. The second-order valence-electron chi connectivity index (χ2n) is 3.44. The minimum absolute atomic E-state index is 0.292. The number of rotatable bonds is 6. The molecule has 0 saturated heterocycles. The van der Waals surface area contributed by atoms with Gasteiger partial charge < -0.3 is 20.7 Å². The van der Waals surface area contributed by atoms with Crippen LogP contribution in [0.3, 0.4) is 0 Å². The molecule has 17 heavy (non-hydrogen) atoms. The van der Waals surface area contributed by atoms with Crippen molar-refractivity contribution in [2.45, 2.75) is 18.6 Å². The van der Waals surface area contributed by atoms with Gasteiger partial charge >= 0.3 is 11.9 Å². The average Bonchev–Trinajstić information content (AvgIpc) is 2.29. The zero-order chi connectivity index (χ0) is 12.8. The monoisotopic (exact) mass is 239 g/mol. The van der Waals surface area contributed by atoms with Crippen molar-refractivity contribution in [2.24, 2.45) is 5.73 Å². The van der Waals surface area contributed by atoms with Gasteiger partial charge in [0, 0.05) is 6.42 Å². The summed E-state index contributed by atoms with van der Waals surface area (Å²) in [6.45, 7) is 0. The lowest BCUT2D eigenvalue weighted by Crippen LogP contribution is -2.39. The summed E-state index contributed by atoms with van der Waals surface area (Å²) in [5.41, 5.74) is 5.27. The SMILES string of the molecule is N[C@H](C[C@H](Oc1ccccc1)C(=O)O)C(=O)O. The van der Waals surface area contributed by atoms with Crippen molar-refractivity contribution in [1.82, 2.24) is 0 Å². The molecule has 0 aliphatic rings. The van der Waals surface area contributed by atoms with Crippen LogP contribution < -0.4 is 10.5 Å². The maximum absolute atomic E-state index is 10.9. The first-order chi connectivity index (χ1) is 8.00. The normalized spacial score (nSPS) is 13.7. The van der Waals surface area contributed by atoms with E-state index in [2.05, 4.69) is 0 Å². The van der Waals surface area contributed by atoms with Crippen LogP contribution in [0.1, 0.15) is 6.42 Å². The molecule has 0 fully saturated rings. The third-order valence-electron chi connectivity index (χ3n) is 2.08. The van der Waals surface area contributed by atoms with E-state index in [9.17, 15) is 9.59 Å². The lowest BCUT2D eigenvalue weighted by molar-refractivity contribution is -0.146. The van der Waals surface area contributed by atoms with E-state index >= 15 is 0 Å². The molecule has 6 heteroatoms. The fraction of sp³-hybridized carbons (Fsp3) is 0.273. The Kier molecular flexibility index (Phi) is 4.47. The zero-order valence-electron chi connectivity index (χ0n) is 8.95. The van der Waals surface area contributed by atoms with Crippen LogP contribution in [-0.4, -0.2) is 34.3 Å². The van der Waals surface area contributed by atoms with E-state index in [4.69, 9.17) is 20.7 Å². The molecule has 0 saturated carbocycles. The first-order valence-electron chi connectivity index (χ1n) is 4.93. The van der Waals surface area contributed by atoms with Crippen molar-refractivity contribution < 1.29 is 24.5 Å². The second-order valence-corrected chi connectivity index (χ2v) is 3.44. The van der Waals surface area contributed by atoms with Crippen LogP contribution in [-0.2, 0) is 9.59 Å². The Balaban J connectivity index is 2.67. The van der Waals surface area contributed by atoms with Gasteiger partial charge in [0.05, 0.1) is 0 Å². The van der Waals surface area contributed by atoms with Crippen LogP contribution >= 0.6 is 0 Å². The molecule has 0 unspecified atom stereocenters. The van der Waals surface area contributed by atoms with Gasteiger partial charge in [-0.25, -0.2) is 4.79 Å². The van der Waals surface area contributed by atoms with E-state index in [-0.39, 0.29) is 6.42 Å². The summed E-state index contributed by atoms with van der Waals surface area (Å²) in [4.78, 5) is 21.4.